The van der Waals surface area contributed by atoms with E-state index in [1.807, 2.05) is 5.38 Å². The van der Waals surface area contributed by atoms with E-state index in [9.17, 15) is 4.79 Å². The molecular weight excluding hydrogens is 378 g/mol. The van der Waals surface area contributed by atoms with Crippen LogP contribution in [0, 0.1) is 0 Å². The van der Waals surface area contributed by atoms with Gasteiger partial charge in [-0.3, -0.25) is 9.78 Å². The maximum Gasteiger partial charge on any atom is 0.296 e. The van der Waals surface area contributed by atoms with E-state index in [1.165, 1.54) is 0 Å². The van der Waals surface area contributed by atoms with Crippen LogP contribution in [-0.2, 0) is 11.3 Å². The molecule has 3 aromatic heterocycles. The number of amides is 1. The maximum absolute atomic E-state index is 11.6. The minimum atomic E-state index is 0.108. The first-order valence-electron chi connectivity index (χ1n) is 8.15. The standard InChI is InChI=1S/C15H16ClN7O2S/c16-14-20-12(18-8-9-17-3-7-26-9)11-13(21-14)22-15(19-11)25-6-5-23-4-1-2-10(23)24/h3,7H,1-2,4-6,8H2,(H2,18,19,20,21,22). The first-order chi connectivity index (χ1) is 12.7. The number of aromatic nitrogens is 5. The van der Waals surface area contributed by atoms with Crippen molar-refractivity contribution in [2.75, 3.05) is 25.0 Å². The Morgan fingerprint density at radius 2 is 2.31 bits per heavy atom. The average molecular weight is 394 g/mol. The highest BCUT2D eigenvalue weighted by molar-refractivity contribution is 7.09. The number of carbonyl (C=O) groups excluding carboxylic acids is 1. The second-order valence-electron chi connectivity index (χ2n) is 5.69. The molecule has 1 aliphatic heterocycles. The van der Waals surface area contributed by atoms with Gasteiger partial charge in [-0.25, -0.2) is 4.98 Å². The van der Waals surface area contributed by atoms with Gasteiger partial charge >= 0.3 is 0 Å². The first-order valence-corrected chi connectivity index (χ1v) is 9.41. The number of carbonyl (C=O) groups is 1. The number of nitrogens with one attached hydrogen (secondary N) is 2. The largest absolute Gasteiger partial charge is 0.463 e. The molecule has 9 nitrogen and oxygen atoms in total. The number of thiazole rings is 1. The fourth-order valence-corrected chi connectivity index (χ4v) is 3.46. The number of likely N-dealkylation sites (tertiary alicyclic amines) is 1. The molecule has 0 aromatic carbocycles. The quantitative estimate of drug-likeness (QED) is 0.591. The Labute approximate surface area is 157 Å². The Morgan fingerprint density at radius 3 is 3.08 bits per heavy atom. The van der Waals surface area contributed by atoms with Crippen molar-refractivity contribution in [3.8, 4) is 6.01 Å². The Bertz CT molecular complexity index is 914. The van der Waals surface area contributed by atoms with Gasteiger partial charge in [-0.2, -0.15) is 15.0 Å². The molecule has 0 bridgehead atoms. The van der Waals surface area contributed by atoms with Crippen molar-refractivity contribution in [2.24, 2.45) is 0 Å². The molecule has 0 radical (unpaired) electrons. The summed E-state index contributed by atoms with van der Waals surface area (Å²) in [5, 5.41) is 6.11. The summed E-state index contributed by atoms with van der Waals surface area (Å²) in [5.41, 5.74) is 1.03. The summed E-state index contributed by atoms with van der Waals surface area (Å²) in [6, 6.07) is 0.320. The van der Waals surface area contributed by atoms with Gasteiger partial charge in [0.05, 0.1) is 13.1 Å². The van der Waals surface area contributed by atoms with Crippen molar-refractivity contribution in [1.82, 2.24) is 29.8 Å². The van der Waals surface area contributed by atoms with Gasteiger partial charge in [0.2, 0.25) is 11.2 Å². The SMILES string of the molecule is O=C1CCCN1CCOc1nc2c(NCc3nccs3)nc(Cl)nc2[nH]1. The van der Waals surface area contributed by atoms with E-state index < -0.39 is 0 Å². The zero-order chi connectivity index (χ0) is 17.9. The van der Waals surface area contributed by atoms with Crippen LogP contribution in [0.3, 0.4) is 0 Å². The van der Waals surface area contributed by atoms with Crippen molar-refractivity contribution in [3.63, 3.8) is 0 Å². The van der Waals surface area contributed by atoms with Gasteiger partial charge in [0.1, 0.15) is 11.6 Å². The third kappa shape index (κ3) is 3.70. The van der Waals surface area contributed by atoms with Gasteiger partial charge < -0.3 is 15.0 Å². The second-order valence-corrected chi connectivity index (χ2v) is 7.01. The van der Waals surface area contributed by atoms with E-state index in [0.717, 1.165) is 18.0 Å². The number of hydrogen-bond donors (Lipinski definition) is 2. The van der Waals surface area contributed by atoms with Crippen molar-refractivity contribution in [3.05, 3.63) is 21.9 Å². The number of rotatable bonds is 7. The lowest BCUT2D eigenvalue weighted by Crippen LogP contribution is -2.29. The minimum Gasteiger partial charge on any atom is -0.463 e. The zero-order valence-electron chi connectivity index (χ0n) is 13.7. The van der Waals surface area contributed by atoms with Gasteiger partial charge in [-0.1, -0.05) is 0 Å². The number of fused-ring (bicyclic) bond motifs is 1. The summed E-state index contributed by atoms with van der Waals surface area (Å²) in [6.07, 6.45) is 3.27. The molecule has 1 amide bonds. The van der Waals surface area contributed by atoms with Gasteiger partial charge in [0.25, 0.3) is 6.01 Å². The number of anilines is 1. The van der Waals surface area contributed by atoms with Gasteiger partial charge in [-0.15, -0.1) is 11.3 Å². The molecule has 11 heteroatoms. The molecule has 0 unspecified atom stereocenters. The predicted octanol–water partition coefficient (Wildman–Crippen LogP) is 2.08. The lowest BCUT2D eigenvalue weighted by atomic mass is 10.4. The first kappa shape index (κ1) is 17.0. The molecule has 3 aromatic rings. The number of aromatic amines is 1. The van der Waals surface area contributed by atoms with E-state index in [-0.39, 0.29) is 11.2 Å². The number of hydrogen-bond acceptors (Lipinski definition) is 8. The van der Waals surface area contributed by atoms with Crippen molar-refractivity contribution in [2.45, 2.75) is 19.4 Å². The predicted molar refractivity (Wildman–Crippen MR) is 97.4 cm³/mol. The number of halogens is 1. The van der Waals surface area contributed by atoms with Crippen LogP contribution in [0.1, 0.15) is 17.8 Å². The number of nitrogens with zero attached hydrogens (tertiary/aromatic N) is 5. The van der Waals surface area contributed by atoms with Crippen molar-refractivity contribution < 1.29 is 9.53 Å². The van der Waals surface area contributed by atoms with Crippen LogP contribution in [-0.4, -0.2) is 55.4 Å². The zero-order valence-corrected chi connectivity index (χ0v) is 15.3. The molecule has 26 heavy (non-hydrogen) atoms. The molecule has 4 heterocycles. The number of ether oxygens (including phenoxy) is 1. The Hall–Kier alpha value is -2.46. The molecule has 0 spiro atoms. The topological polar surface area (TPSA) is 109 Å². The van der Waals surface area contributed by atoms with Crippen LogP contribution in [0.5, 0.6) is 6.01 Å². The maximum atomic E-state index is 11.6. The lowest BCUT2D eigenvalue weighted by Gasteiger charge is -2.14. The number of H-pyrrole nitrogens is 1. The molecule has 4 rings (SSSR count). The van der Waals surface area contributed by atoms with Gasteiger partial charge in [0, 0.05) is 24.5 Å². The molecule has 0 saturated carbocycles. The van der Waals surface area contributed by atoms with E-state index in [4.69, 9.17) is 16.3 Å². The van der Waals surface area contributed by atoms with Crippen molar-refractivity contribution >= 4 is 45.8 Å². The summed E-state index contributed by atoms with van der Waals surface area (Å²) in [4.78, 5) is 33.3. The smallest absolute Gasteiger partial charge is 0.296 e. The Kier molecular flexibility index (Phi) is 4.85. The van der Waals surface area contributed by atoms with E-state index in [0.29, 0.717) is 49.1 Å². The fraction of sp³-hybridized carbons (Fsp3) is 0.400. The normalized spacial score (nSPS) is 14.3. The molecular formula is C15H16ClN7O2S. The summed E-state index contributed by atoms with van der Waals surface area (Å²) in [7, 11) is 0. The van der Waals surface area contributed by atoms with Crippen LogP contribution < -0.4 is 10.1 Å². The summed E-state index contributed by atoms with van der Waals surface area (Å²) in [5.74, 6) is 0.681. The molecule has 1 aliphatic rings. The Balaban J connectivity index is 1.45. The van der Waals surface area contributed by atoms with Gasteiger partial charge in [0.15, 0.2) is 17.0 Å². The third-order valence-electron chi connectivity index (χ3n) is 3.96. The average Bonchev–Trinajstić information content (AvgIpc) is 3.34. The van der Waals surface area contributed by atoms with Crippen LogP contribution in [0.2, 0.25) is 5.28 Å². The van der Waals surface area contributed by atoms with Crippen LogP contribution >= 0.6 is 22.9 Å². The molecule has 0 atom stereocenters. The van der Waals surface area contributed by atoms with E-state index >= 15 is 0 Å². The molecule has 2 N–H and O–H groups in total. The highest BCUT2D eigenvalue weighted by Crippen LogP contribution is 2.23. The van der Waals surface area contributed by atoms with E-state index in [1.54, 1.807) is 22.4 Å². The van der Waals surface area contributed by atoms with E-state index in [2.05, 4.69) is 30.2 Å². The summed E-state index contributed by atoms with van der Waals surface area (Å²) < 4.78 is 5.64. The highest BCUT2D eigenvalue weighted by Gasteiger charge is 2.20. The number of imidazole rings is 1. The van der Waals surface area contributed by atoms with Crippen molar-refractivity contribution in [1.29, 1.82) is 0 Å². The monoisotopic (exact) mass is 393 g/mol. The molecule has 136 valence electrons. The highest BCUT2D eigenvalue weighted by atomic mass is 35.5. The molecule has 1 saturated heterocycles. The molecule has 0 aliphatic carbocycles. The Morgan fingerprint density at radius 1 is 1.38 bits per heavy atom. The lowest BCUT2D eigenvalue weighted by molar-refractivity contribution is -0.128. The van der Waals surface area contributed by atoms with Gasteiger partial charge in [-0.05, 0) is 18.0 Å². The second kappa shape index (κ2) is 7.42. The van der Waals surface area contributed by atoms with Crippen LogP contribution in [0.15, 0.2) is 11.6 Å². The summed E-state index contributed by atoms with van der Waals surface area (Å²) in [6.45, 7) is 2.19. The van der Waals surface area contributed by atoms with Crippen LogP contribution in [0.25, 0.3) is 11.2 Å². The summed E-state index contributed by atoms with van der Waals surface area (Å²) >= 11 is 7.54. The minimum absolute atomic E-state index is 0.108. The van der Waals surface area contributed by atoms with Crippen LogP contribution in [0.4, 0.5) is 5.82 Å². The fourth-order valence-electron chi connectivity index (χ4n) is 2.74. The third-order valence-corrected chi connectivity index (χ3v) is 4.91. The molecule has 1 fully saturated rings.